The minimum atomic E-state index is -0.438. The zero-order valence-electron chi connectivity index (χ0n) is 16.7. The van der Waals surface area contributed by atoms with E-state index >= 15 is 0 Å². The molecule has 2 atom stereocenters. The normalized spacial score (nSPS) is 22.7. The monoisotopic (exact) mass is 399 g/mol. The average Bonchev–Trinajstić information content (AvgIpc) is 3.14. The zero-order chi connectivity index (χ0) is 20.5. The lowest BCUT2D eigenvalue weighted by atomic mass is 9.97. The SMILES string of the molecule is CC(C)C[C@@H]1NC(=O)[C@H]2CN(Cc3cnn(-c4ccc(F)cc4)c3)CCN2C1=O. The second-order valence-corrected chi connectivity index (χ2v) is 8.24. The Morgan fingerprint density at radius 1 is 1.21 bits per heavy atom. The van der Waals surface area contributed by atoms with Crippen molar-refractivity contribution in [2.45, 2.75) is 38.9 Å². The second kappa shape index (κ2) is 7.94. The predicted octanol–water partition coefficient (Wildman–Crippen LogP) is 1.57. The molecule has 4 rings (SSSR count). The van der Waals surface area contributed by atoms with Crippen molar-refractivity contribution in [3.05, 3.63) is 48.0 Å². The molecule has 154 valence electrons. The third kappa shape index (κ3) is 4.17. The molecule has 8 heteroatoms. The number of hydrogen-bond donors (Lipinski definition) is 1. The first kappa shape index (κ1) is 19.6. The van der Waals surface area contributed by atoms with Crippen LogP contribution >= 0.6 is 0 Å². The molecule has 2 fully saturated rings. The molecule has 0 bridgehead atoms. The summed E-state index contributed by atoms with van der Waals surface area (Å²) >= 11 is 0. The fourth-order valence-corrected chi connectivity index (χ4v) is 4.07. The summed E-state index contributed by atoms with van der Waals surface area (Å²) < 4.78 is 14.8. The molecule has 2 aliphatic rings. The van der Waals surface area contributed by atoms with Crippen LogP contribution < -0.4 is 5.32 Å². The van der Waals surface area contributed by atoms with Gasteiger partial charge in [0.1, 0.15) is 17.9 Å². The molecule has 0 unspecified atom stereocenters. The number of carbonyl (C=O) groups excluding carboxylic acids is 2. The van der Waals surface area contributed by atoms with E-state index in [9.17, 15) is 14.0 Å². The number of rotatable bonds is 5. The van der Waals surface area contributed by atoms with Crippen LogP contribution in [0.3, 0.4) is 0 Å². The van der Waals surface area contributed by atoms with Gasteiger partial charge < -0.3 is 10.2 Å². The summed E-state index contributed by atoms with van der Waals surface area (Å²) in [6, 6.07) is 5.32. The van der Waals surface area contributed by atoms with Gasteiger partial charge in [-0.2, -0.15) is 5.10 Å². The first-order chi connectivity index (χ1) is 13.9. The van der Waals surface area contributed by atoms with Crippen molar-refractivity contribution in [2.75, 3.05) is 19.6 Å². The molecule has 0 spiro atoms. The van der Waals surface area contributed by atoms with Crippen LogP contribution in [0, 0.1) is 11.7 Å². The minimum absolute atomic E-state index is 0.0343. The van der Waals surface area contributed by atoms with Crippen LogP contribution in [-0.2, 0) is 16.1 Å². The van der Waals surface area contributed by atoms with Gasteiger partial charge in [-0.25, -0.2) is 9.07 Å². The summed E-state index contributed by atoms with van der Waals surface area (Å²) in [5.41, 5.74) is 1.79. The van der Waals surface area contributed by atoms with Crippen molar-refractivity contribution >= 4 is 11.8 Å². The molecule has 7 nitrogen and oxygen atoms in total. The first-order valence-electron chi connectivity index (χ1n) is 10.0. The van der Waals surface area contributed by atoms with Crippen LogP contribution in [-0.4, -0.2) is 63.1 Å². The molecule has 1 N–H and O–H groups in total. The van der Waals surface area contributed by atoms with Crippen LogP contribution in [0.25, 0.3) is 5.69 Å². The molecular formula is C21H26FN5O2. The van der Waals surface area contributed by atoms with Gasteiger partial charge in [-0.05, 0) is 36.6 Å². The standard InChI is InChI=1S/C21H26FN5O2/c1-14(2)9-18-21(29)26-8-7-25(13-19(26)20(28)24-18)11-15-10-23-27(12-15)17-5-3-16(22)4-6-17/h3-6,10,12,14,18-19H,7-9,11,13H2,1-2H3,(H,24,28)/t18-,19+/m0/s1. The van der Waals surface area contributed by atoms with E-state index in [0.29, 0.717) is 38.5 Å². The third-order valence-electron chi connectivity index (χ3n) is 5.51. The number of piperazine rings is 2. The lowest BCUT2D eigenvalue weighted by Gasteiger charge is -2.45. The van der Waals surface area contributed by atoms with Crippen molar-refractivity contribution in [1.82, 2.24) is 24.9 Å². The number of nitrogens with zero attached hydrogens (tertiary/aromatic N) is 4. The Balaban J connectivity index is 1.40. The van der Waals surface area contributed by atoms with Crippen molar-refractivity contribution in [3.63, 3.8) is 0 Å². The van der Waals surface area contributed by atoms with E-state index in [4.69, 9.17) is 0 Å². The number of hydrogen-bond acceptors (Lipinski definition) is 4. The molecule has 3 heterocycles. The summed E-state index contributed by atoms with van der Waals surface area (Å²) in [6.45, 7) is 6.52. The maximum absolute atomic E-state index is 13.1. The van der Waals surface area contributed by atoms with Gasteiger partial charge in [-0.15, -0.1) is 0 Å². The molecule has 1 aromatic heterocycles. The van der Waals surface area contributed by atoms with Gasteiger partial charge in [-0.3, -0.25) is 14.5 Å². The van der Waals surface area contributed by atoms with Crippen molar-refractivity contribution in [2.24, 2.45) is 5.92 Å². The Kier molecular flexibility index (Phi) is 5.36. The topological polar surface area (TPSA) is 70.5 Å². The highest BCUT2D eigenvalue weighted by atomic mass is 19.1. The number of benzene rings is 1. The fraction of sp³-hybridized carbons (Fsp3) is 0.476. The number of nitrogens with one attached hydrogen (secondary N) is 1. The highest BCUT2D eigenvalue weighted by Crippen LogP contribution is 2.21. The van der Waals surface area contributed by atoms with Gasteiger partial charge in [0.25, 0.3) is 0 Å². The second-order valence-electron chi connectivity index (χ2n) is 8.24. The van der Waals surface area contributed by atoms with Crippen molar-refractivity contribution in [1.29, 1.82) is 0 Å². The van der Waals surface area contributed by atoms with E-state index in [2.05, 4.69) is 29.2 Å². The summed E-state index contributed by atoms with van der Waals surface area (Å²) in [5, 5.41) is 7.26. The summed E-state index contributed by atoms with van der Waals surface area (Å²) in [4.78, 5) is 29.3. The molecule has 2 saturated heterocycles. The highest BCUT2D eigenvalue weighted by Gasteiger charge is 2.43. The fourth-order valence-electron chi connectivity index (χ4n) is 4.07. The Bertz CT molecular complexity index is 895. The molecular weight excluding hydrogens is 373 g/mol. The van der Waals surface area contributed by atoms with Crippen molar-refractivity contribution in [3.8, 4) is 5.69 Å². The number of aromatic nitrogens is 2. The number of halogens is 1. The first-order valence-corrected chi connectivity index (χ1v) is 10.0. The quantitative estimate of drug-likeness (QED) is 0.829. The van der Waals surface area contributed by atoms with E-state index in [0.717, 1.165) is 11.3 Å². The van der Waals surface area contributed by atoms with Gasteiger partial charge >= 0.3 is 0 Å². The molecule has 1 aromatic carbocycles. The lowest BCUT2D eigenvalue weighted by Crippen LogP contribution is -2.69. The highest BCUT2D eigenvalue weighted by molar-refractivity contribution is 5.97. The molecule has 2 aromatic rings. The van der Waals surface area contributed by atoms with E-state index in [1.54, 1.807) is 27.9 Å². The van der Waals surface area contributed by atoms with Gasteiger partial charge in [0.05, 0.1) is 11.9 Å². The third-order valence-corrected chi connectivity index (χ3v) is 5.51. The van der Waals surface area contributed by atoms with E-state index in [1.165, 1.54) is 12.1 Å². The van der Waals surface area contributed by atoms with Crippen LogP contribution in [0.4, 0.5) is 4.39 Å². The molecule has 2 aliphatic heterocycles. The Hall–Kier alpha value is -2.74. The zero-order valence-corrected chi connectivity index (χ0v) is 16.7. The largest absolute Gasteiger partial charge is 0.342 e. The number of fused-ring (bicyclic) bond motifs is 1. The van der Waals surface area contributed by atoms with Gasteiger partial charge in [0.2, 0.25) is 11.8 Å². The smallest absolute Gasteiger partial charge is 0.245 e. The maximum atomic E-state index is 13.1. The predicted molar refractivity (Wildman–Crippen MR) is 106 cm³/mol. The van der Waals surface area contributed by atoms with Crippen molar-refractivity contribution < 1.29 is 14.0 Å². The minimum Gasteiger partial charge on any atom is -0.342 e. The molecule has 0 radical (unpaired) electrons. The lowest BCUT2D eigenvalue weighted by molar-refractivity contribution is -0.153. The molecule has 2 amide bonds. The van der Waals surface area contributed by atoms with E-state index in [1.807, 2.05) is 6.20 Å². The van der Waals surface area contributed by atoms with Crippen LogP contribution in [0.5, 0.6) is 0 Å². The summed E-state index contributed by atoms with van der Waals surface area (Å²) in [5.74, 6) is 0.0312. The van der Waals surface area contributed by atoms with Gasteiger partial charge in [-0.1, -0.05) is 13.8 Å². The Morgan fingerprint density at radius 3 is 2.69 bits per heavy atom. The molecule has 0 saturated carbocycles. The number of carbonyl (C=O) groups is 2. The Labute approximate surface area is 169 Å². The Morgan fingerprint density at radius 2 is 1.97 bits per heavy atom. The van der Waals surface area contributed by atoms with Crippen LogP contribution in [0.15, 0.2) is 36.7 Å². The number of amides is 2. The van der Waals surface area contributed by atoms with E-state index in [-0.39, 0.29) is 17.6 Å². The summed E-state index contributed by atoms with van der Waals surface area (Å²) in [7, 11) is 0. The van der Waals surface area contributed by atoms with Crippen LogP contribution in [0.1, 0.15) is 25.8 Å². The van der Waals surface area contributed by atoms with Gasteiger partial charge in [0.15, 0.2) is 0 Å². The maximum Gasteiger partial charge on any atom is 0.245 e. The van der Waals surface area contributed by atoms with E-state index < -0.39 is 12.1 Å². The van der Waals surface area contributed by atoms with Gasteiger partial charge in [0, 0.05) is 37.9 Å². The summed E-state index contributed by atoms with van der Waals surface area (Å²) in [6.07, 6.45) is 4.35. The average molecular weight is 399 g/mol. The van der Waals surface area contributed by atoms with Crippen LogP contribution in [0.2, 0.25) is 0 Å². The molecule has 29 heavy (non-hydrogen) atoms. The molecule has 0 aliphatic carbocycles.